The maximum Gasteiger partial charge on any atom is 0.338 e. The maximum absolute atomic E-state index is 13.2. The Morgan fingerprint density at radius 1 is 0.795 bits per heavy atom. The second-order valence-electron chi connectivity index (χ2n) is 9.46. The van der Waals surface area contributed by atoms with Crippen LogP contribution in [0.15, 0.2) is 78.9 Å². The molecule has 0 radical (unpaired) electrons. The van der Waals surface area contributed by atoms with Crippen LogP contribution in [0.1, 0.15) is 50.5 Å². The summed E-state index contributed by atoms with van der Waals surface area (Å²) in [6.07, 6.45) is 0.0289. The Morgan fingerprint density at radius 3 is 1.97 bits per heavy atom. The molecule has 0 spiro atoms. The highest BCUT2D eigenvalue weighted by Gasteiger charge is 2.43. The summed E-state index contributed by atoms with van der Waals surface area (Å²) in [4.78, 5) is 64.7. The summed E-state index contributed by atoms with van der Waals surface area (Å²) in [6, 6.07) is 20.1. The van der Waals surface area contributed by atoms with Gasteiger partial charge >= 0.3 is 11.9 Å². The minimum atomic E-state index is -1.26. The number of amides is 3. The van der Waals surface area contributed by atoms with Gasteiger partial charge in [-0.15, -0.1) is 0 Å². The minimum Gasteiger partial charge on any atom is -0.462 e. The van der Waals surface area contributed by atoms with E-state index >= 15 is 0 Å². The van der Waals surface area contributed by atoms with E-state index in [4.69, 9.17) is 9.47 Å². The third kappa shape index (κ3) is 6.56. The number of hydrogen-bond acceptors (Lipinski definition) is 7. The number of nitrogens with one attached hydrogen (secondary N) is 1. The van der Waals surface area contributed by atoms with Crippen molar-refractivity contribution in [1.29, 1.82) is 0 Å². The molecular formula is C30H28N2O7. The van der Waals surface area contributed by atoms with Gasteiger partial charge in [0, 0.05) is 12.1 Å². The summed E-state index contributed by atoms with van der Waals surface area (Å²) in [5, 5.41) is 2.59. The zero-order valence-electron chi connectivity index (χ0n) is 21.6. The third-order valence-corrected chi connectivity index (χ3v) is 5.98. The zero-order chi connectivity index (χ0) is 27.9. The number of ether oxygens (including phenoxy) is 2. The topological polar surface area (TPSA) is 119 Å². The van der Waals surface area contributed by atoms with E-state index in [1.54, 1.807) is 36.4 Å². The van der Waals surface area contributed by atoms with E-state index in [0.29, 0.717) is 23.4 Å². The van der Waals surface area contributed by atoms with E-state index in [-0.39, 0.29) is 23.5 Å². The molecular weight excluding hydrogens is 500 g/mol. The number of rotatable bonds is 10. The van der Waals surface area contributed by atoms with E-state index in [2.05, 4.69) is 5.32 Å². The van der Waals surface area contributed by atoms with Crippen LogP contribution in [0.25, 0.3) is 0 Å². The molecule has 200 valence electrons. The zero-order valence-corrected chi connectivity index (χ0v) is 21.6. The first-order valence-electron chi connectivity index (χ1n) is 12.5. The number of anilines is 1. The smallest absolute Gasteiger partial charge is 0.338 e. The van der Waals surface area contributed by atoms with Crippen molar-refractivity contribution in [2.24, 2.45) is 5.92 Å². The summed E-state index contributed by atoms with van der Waals surface area (Å²) in [6.45, 7) is 3.53. The molecule has 1 atom stereocenters. The molecule has 3 aromatic carbocycles. The molecule has 0 aromatic heterocycles. The van der Waals surface area contributed by atoms with E-state index in [0.717, 1.165) is 4.90 Å². The van der Waals surface area contributed by atoms with Crippen LogP contribution in [0.4, 0.5) is 5.69 Å². The van der Waals surface area contributed by atoms with Crippen LogP contribution in [-0.4, -0.2) is 53.8 Å². The summed E-state index contributed by atoms with van der Waals surface area (Å²) in [5.74, 6) is -2.95. The Balaban J connectivity index is 1.41. The predicted molar refractivity (Wildman–Crippen MR) is 142 cm³/mol. The molecule has 3 amide bonds. The lowest BCUT2D eigenvalue weighted by atomic mass is 10.0. The number of esters is 2. The number of hydrogen-bond donors (Lipinski definition) is 1. The second kappa shape index (κ2) is 12.2. The Hall–Kier alpha value is -4.79. The largest absolute Gasteiger partial charge is 0.462 e. The highest BCUT2D eigenvalue weighted by molar-refractivity contribution is 6.22. The Labute approximate surface area is 225 Å². The first-order chi connectivity index (χ1) is 18.7. The average Bonchev–Trinajstić information content (AvgIpc) is 3.19. The molecule has 1 heterocycles. The number of benzene rings is 3. The molecule has 1 aliphatic heterocycles. The van der Waals surface area contributed by atoms with Gasteiger partial charge in [-0.3, -0.25) is 19.3 Å². The Kier molecular flexibility index (Phi) is 8.50. The van der Waals surface area contributed by atoms with E-state index < -0.39 is 42.3 Å². The highest BCUT2D eigenvalue weighted by Crippen LogP contribution is 2.26. The normalized spacial score (nSPS) is 13.2. The van der Waals surface area contributed by atoms with Gasteiger partial charge in [0.25, 0.3) is 17.7 Å². The van der Waals surface area contributed by atoms with Gasteiger partial charge in [-0.25, -0.2) is 9.59 Å². The summed E-state index contributed by atoms with van der Waals surface area (Å²) < 4.78 is 10.4. The number of fused-ring (bicyclic) bond motifs is 1. The summed E-state index contributed by atoms with van der Waals surface area (Å²) >= 11 is 0. The van der Waals surface area contributed by atoms with E-state index in [9.17, 15) is 24.0 Å². The van der Waals surface area contributed by atoms with Gasteiger partial charge in [0.2, 0.25) is 0 Å². The average molecular weight is 529 g/mol. The first kappa shape index (κ1) is 27.3. The van der Waals surface area contributed by atoms with Crippen molar-refractivity contribution in [1.82, 2.24) is 4.90 Å². The van der Waals surface area contributed by atoms with Crippen molar-refractivity contribution < 1.29 is 33.4 Å². The molecule has 0 fully saturated rings. The van der Waals surface area contributed by atoms with Gasteiger partial charge in [0.15, 0.2) is 6.61 Å². The number of carbonyl (C=O) groups excluding carboxylic acids is 5. The molecule has 0 bridgehead atoms. The number of carbonyl (C=O) groups is 5. The van der Waals surface area contributed by atoms with Gasteiger partial charge in [-0.05, 0) is 47.9 Å². The SMILES string of the molecule is CC(C)COC(=O)c1ccc(NC(=O)COC(=O)[C@@H](Cc2ccccc2)N2C(=O)c3ccccc3C2=O)cc1. The lowest BCUT2D eigenvalue weighted by molar-refractivity contribution is -0.151. The summed E-state index contributed by atoms with van der Waals surface area (Å²) in [5.41, 5.74) is 1.86. The fourth-order valence-corrected chi connectivity index (χ4v) is 4.05. The number of imide groups is 1. The molecule has 9 heteroatoms. The van der Waals surface area contributed by atoms with Gasteiger partial charge < -0.3 is 14.8 Å². The molecule has 1 N–H and O–H groups in total. The van der Waals surface area contributed by atoms with Crippen LogP contribution in [-0.2, 0) is 25.5 Å². The third-order valence-electron chi connectivity index (χ3n) is 5.98. The van der Waals surface area contributed by atoms with Gasteiger partial charge in [-0.2, -0.15) is 0 Å². The van der Waals surface area contributed by atoms with Crippen molar-refractivity contribution in [3.63, 3.8) is 0 Å². The molecule has 3 aromatic rings. The molecule has 0 saturated heterocycles. The molecule has 0 aliphatic carbocycles. The van der Waals surface area contributed by atoms with Crippen LogP contribution in [0.5, 0.6) is 0 Å². The highest BCUT2D eigenvalue weighted by atomic mass is 16.5. The van der Waals surface area contributed by atoms with Crippen LogP contribution in [0.2, 0.25) is 0 Å². The molecule has 39 heavy (non-hydrogen) atoms. The van der Waals surface area contributed by atoms with Crippen molar-refractivity contribution in [2.75, 3.05) is 18.5 Å². The first-order valence-corrected chi connectivity index (χ1v) is 12.5. The van der Waals surface area contributed by atoms with E-state index in [1.807, 2.05) is 19.9 Å². The fraction of sp³-hybridized carbons (Fsp3) is 0.233. The number of nitrogens with zero attached hydrogens (tertiary/aromatic N) is 1. The quantitative estimate of drug-likeness (QED) is 0.313. The maximum atomic E-state index is 13.2. The monoisotopic (exact) mass is 528 g/mol. The minimum absolute atomic E-state index is 0.0289. The predicted octanol–water partition coefficient (Wildman–Crippen LogP) is 3.89. The van der Waals surface area contributed by atoms with Crippen LogP contribution in [0.3, 0.4) is 0 Å². The Bertz CT molecular complexity index is 1350. The van der Waals surface area contributed by atoms with Crippen LogP contribution in [0, 0.1) is 5.92 Å². The molecule has 0 unspecified atom stereocenters. The second-order valence-corrected chi connectivity index (χ2v) is 9.46. The van der Waals surface area contributed by atoms with Crippen molar-refractivity contribution >= 4 is 35.3 Å². The standard InChI is InChI=1S/C30H28N2O7/c1-19(2)17-38-29(36)21-12-14-22(15-13-21)31-26(33)18-39-30(37)25(16-20-8-4-3-5-9-20)32-27(34)23-10-6-7-11-24(23)28(32)35/h3-15,19,25H,16-18H2,1-2H3,(H,31,33)/t25-/m1/s1. The molecule has 9 nitrogen and oxygen atoms in total. The lowest BCUT2D eigenvalue weighted by Gasteiger charge is -2.24. The van der Waals surface area contributed by atoms with Crippen molar-refractivity contribution in [3.8, 4) is 0 Å². The molecule has 0 saturated carbocycles. The van der Waals surface area contributed by atoms with Crippen LogP contribution < -0.4 is 5.32 Å². The van der Waals surface area contributed by atoms with Crippen molar-refractivity contribution in [2.45, 2.75) is 26.3 Å². The molecule has 1 aliphatic rings. The van der Waals surface area contributed by atoms with Gasteiger partial charge in [0.05, 0.1) is 23.3 Å². The van der Waals surface area contributed by atoms with Crippen LogP contribution >= 0.6 is 0 Å². The fourth-order valence-electron chi connectivity index (χ4n) is 4.05. The lowest BCUT2D eigenvalue weighted by Crippen LogP contribution is -2.47. The van der Waals surface area contributed by atoms with E-state index in [1.165, 1.54) is 36.4 Å². The van der Waals surface area contributed by atoms with Gasteiger partial charge in [-0.1, -0.05) is 56.3 Å². The Morgan fingerprint density at radius 2 is 1.38 bits per heavy atom. The molecule has 4 rings (SSSR count). The summed E-state index contributed by atoms with van der Waals surface area (Å²) in [7, 11) is 0. The van der Waals surface area contributed by atoms with Gasteiger partial charge in [0.1, 0.15) is 6.04 Å². The van der Waals surface area contributed by atoms with Crippen molar-refractivity contribution in [3.05, 3.63) is 101 Å².